The van der Waals surface area contributed by atoms with Gasteiger partial charge in [0, 0.05) is 24.3 Å². The molecule has 1 aromatic rings. The van der Waals surface area contributed by atoms with E-state index in [4.69, 9.17) is 10.2 Å². The topological polar surface area (TPSA) is 95.3 Å². The Labute approximate surface area is 106 Å². The summed E-state index contributed by atoms with van der Waals surface area (Å²) < 4.78 is 28.5. The standard InChI is InChI=1S/C11H14F2N2O4/c1-5-2-15(10(19)14-9(5)18)8-6(3-16)7(4-17)11(8,12)13/h2,6-8,16-17H,3-4H2,1H3,(H,14,18,19)/t6-,7-,8+/m1/s1. The van der Waals surface area contributed by atoms with Crippen LogP contribution in [0.15, 0.2) is 15.8 Å². The second-order valence-electron chi connectivity index (χ2n) is 4.73. The Morgan fingerprint density at radius 2 is 2.00 bits per heavy atom. The third-order valence-corrected chi connectivity index (χ3v) is 3.66. The van der Waals surface area contributed by atoms with Crippen molar-refractivity contribution in [3.63, 3.8) is 0 Å². The molecule has 3 atom stereocenters. The molecule has 1 heterocycles. The van der Waals surface area contributed by atoms with Crippen LogP contribution in [0.5, 0.6) is 0 Å². The van der Waals surface area contributed by atoms with Crippen LogP contribution < -0.4 is 11.2 Å². The smallest absolute Gasteiger partial charge is 0.328 e. The number of aromatic nitrogens is 2. The van der Waals surface area contributed by atoms with Crippen molar-refractivity contribution in [1.29, 1.82) is 0 Å². The molecule has 1 aliphatic carbocycles. The molecule has 2 rings (SSSR count). The average Bonchev–Trinajstić information content (AvgIpc) is 2.33. The maximum atomic E-state index is 13.9. The molecule has 1 fully saturated rings. The number of aliphatic hydroxyl groups is 2. The van der Waals surface area contributed by atoms with Crippen molar-refractivity contribution in [2.45, 2.75) is 18.9 Å². The van der Waals surface area contributed by atoms with E-state index in [1.165, 1.54) is 6.92 Å². The van der Waals surface area contributed by atoms with Crippen LogP contribution in [-0.4, -0.2) is 38.9 Å². The summed E-state index contributed by atoms with van der Waals surface area (Å²) >= 11 is 0. The highest BCUT2D eigenvalue weighted by Gasteiger charge is 2.65. The lowest BCUT2D eigenvalue weighted by Gasteiger charge is -2.50. The molecular weight excluding hydrogens is 262 g/mol. The van der Waals surface area contributed by atoms with E-state index in [2.05, 4.69) is 0 Å². The highest BCUT2D eigenvalue weighted by atomic mass is 19.3. The first kappa shape index (κ1) is 13.9. The van der Waals surface area contributed by atoms with Gasteiger partial charge in [0.1, 0.15) is 6.04 Å². The molecule has 0 amide bonds. The molecule has 0 saturated heterocycles. The van der Waals surface area contributed by atoms with Gasteiger partial charge >= 0.3 is 5.69 Å². The largest absolute Gasteiger partial charge is 0.396 e. The third kappa shape index (κ3) is 1.91. The van der Waals surface area contributed by atoms with E-state index >= 15 is 0 Å². The number of halogens is 2. The minimum Gasteiger partial charge on any atom is -0.396 e. The maximum Gasteiger partial charge on any atom is 0.328 e. The zero-order valence-corrected chi connectivity index (χ0v) is 10.1. The first-order valence-corrected chi connectivity index (χ1v) is 5.76. The number of H-pyrrole nitrogens is 1. The van der Waals surface area contributed by atoms with Crippen molar-refractivity contribution in [3.8, 4) is 0 Å². The minimum absolute atomic E-state index is 0.125. The number of nitrogens with zero attached hydrogens (tertiary/aromatic N) is 1. The number of hydrogen-bond donors (Lipinski definition) is 3. The van der Waals surface area contributed by atoms with Crippen molar-refractivity contribution in [3.05, 3.63) is 32.6 Å². The molecule has 8 heteroatoms. The van der Waals surface area contributed by atoms with Gasteiger partial charge in [-0.2, -0.15) is 0 Å². The van der Waals surface area contributed by atoms with Gasteiger partial charge in [-0.25, -0.2) is 13.6 Å². The quantitative estimate of drug-likeness (QED) is 0.677. The van der Waals surface area contributed by atoms with Gasteiger partial charge in [0.05, 0.1) is 12.5 Å². The normalized spacial score (nSPS) is 29.0. The van der Waals surface area contributed by atoms with Crippen molar-refractivity contribution in [1.82, 2.24) is 9.55 Å². The lowest BCUT2D eigenvalue weighted by Crippen LogP contribution is -2.62. The van der Waals surface area contributed by atoms with Gasteiger partial charge in [0.2, 0.25) is 0 Å². The van der Waals surface area contributed by atoms with E-state index in [0.717, 1.165) is 10.8 Å². The molecular formula is C11H14F2N2O4. The molecule has 1 aliphatic rings. The zero-order valence-electron chi connectivity index (χ0n) is 10.1. The Morgan fingerprint density at radius 3 is 2.53 bits per heavy atom. The number of aliphatic hydroxyl groups excluding tert-OH is 2. The molecule has 0 aromatic carbocycles. The van der Waals surface area contributed by atoms with Crippen LogP contribution in [-0.2, 0) is 0 Å². The summed E-state index contributed by atoms with van der Waals surface area (Å²) in [5.41, 5.74) is -1.46. The van der Waals surface area contributed by atoms with Gasteiger partial charge < -0.3 is 10.2 Å². The summed E-state index contributed by atoms with van der Waals surface area (Å²) in [5, 5.41) is 18.1. The van der Waals surface area contributed by atoms with Gasteiger partial charge in [0.15, 0.2) is 0 Å². The summed E-state index contributed by atoms with van der Waals surface area (Å²) in [6.45, 7) is 0.0466. The predicted octanol–water partition coefficient (Wildman–Crippen LogP) is -0.748. The van der Waals surface area contributed by atoms with Gasteiger partial charge in [0.25, 0.3) is 11.5 Å². The number of rotatable bonds is 3. The zero-order chi connectivity index (χ0) is 14.4. The highest BCUT2D eigenvalue weighted by Crippen LogP contribution is 2.55. The fourth-order valence-corrected chi connectivity index (χ4v) is 2.56. The van der Waals surface area contributed by atoms with E-state index in [0.29, 0.717) is 0 Å². The van der Waals surface area contributed by atoms with Crippen molar-refractivity contribution in [2.75, 3.05) is 13.2 Å². The summed E-state index contributed by atoms with van der Waals surface area (Å²) in [5.74, 6) is -5.62. The van der Waals surface area contributed by atoms with Crippen LogP contribution in [0.2, 0.25) is 0 Å². The van der Waals surface area contributed by atoms with Gasteiger partial charge in [-0.15, -0.1) is 0 Å². The fraction of sp³-hybridized carbons (Fsp3) is 0.636. The van der Waals surface area contributed by atoms with Crippen LogP contribution in [0.4, 0.5) is 8.78 Å². The first-order valence-electron chi connectivity index (χ1n) is 5.76. The lowest BCUT2D eigenvalue weighted by molar-refractivity contribution is -0.240. The van der Waals surface area contributed by atoms with Crippen LogP contribution in [0.25, 0.3) is 0 Å². The van der Waals surface area contributed by atoms with Gasteiger partial charge in [-0.3, -0.25) is 14.3 Å². The van der Waals surface area contributed by atoms with E-state index in [1.807, 2.05) is 4.98 Å². The van der Waals surface area contributed by atoms with Crippen molar-refractivity contribution < 1.29 is 19.0 Å². The van der Waals surface area contributed by atoms with Crippen LogP contribution in [0, 0.1) is 18.8 Å². The SMILES string of the molecule is Cc1cn([C@H]2[C@H](CO)[C@@H](CO)C2(F)F)c(=O)[nH]c1=O. The summed E-state index contributed by atoms with van der Waals surface area (Å²) in [6.07, 6.45) is 1.05. The number of alkyl halides is 2. The van der Waals surface area contributed by atoms with Crippen molar-refractivity contribution in [2.24, 2.45) is 11.8 Å². The molecule has 0 unspecified atom stereocenters. The molecule has 1 saturated carbocycles. The predicted molar refractivity (Wildman–Crippen MR) is 61.2 cm³/mol. The second kappa shape index (κ2) is 4.53. The molecule has 6 nitrogen and oxygen atoms in total. The molecule has 0 aliphatic heterocycles. The maximum absolute atomic E-state index is 13.9. The molecule has 1 aromatic heterocycles. The van der Waals surface area contributed by atoms with E-state index in [1.54, 1.807) is 0 Å². The Hall–Kier alpha value is -1.54. The number of nitrogens with one attached hydrogen (secondary N) is 1. The van der Waals surface area contributed by atoms with Gasteiger partial charge in [-0.05, 0) is 6.92 Å². The molecule has 3 N–H and O–H groups in total. The highest BCUT2D eigenvalue weighted by molar-refractivity contribution is 5.10. The fourth-order valence-electron chi connectivity index (χ4n) is 2.56. The van der Waals surface area contributed by atoms with E-state index in [9.17, 15) is 18.4 Å². The van der Waals surface area contributed by atoms with Gasteiger partial charge in [-0.1, -0.05) is 0 Å². The minimum atomic E-state index is -3.31. The number of aromatic amines is 1. The van der Waals surface area contributed by atoms with E-state index in [-0.39, 0.29) is 5.56 Å². The second-order valence-corrected chi connectivity index (χ2v) is 4.73. The van der Waals surface area contributed by atoms with Crippen LogP contribution in [0.3, 0.4) is 0 Å². The lowest BCUT2D eigenvalue weighted by atomic mass is 9.66. The number of aryl methyl sites for hydroxylation is 1. The first-order chi connectivity index (χ1) is 8.84. The van der Waals surface area contributed by atoms with Crippen molar-refractivity contribution >= 4 is 0 Å². The summed E-state index contributed by atoms with van der Waals surface area (Å²) in [7, 11) is 0. The van der Waals surface area contributed by atoms with E-state index < -0.39 is 48.3 Å². The Balaban J connectivity index is 2.50. The average molecular weight is 276 g/mol. The Morgan fingerprint density at radius 1 is 1.37 bits per heavy atom. The molecule has 0 spiro atoms. The summed E-state index contributed by atoms with van der Waals surface area (Å²) in [4.78, 5) is 24.8. The molecule has 19 heavy (non-hydrogen) atoms. The molecule has 0 radical (unpaired) electrons. The number of hydrogen-bond acceptors (Lipinski definition) is 4. The third-order valence-electron chi connectivity index (χ3n) is 3.66. The molecule has 106 valence electrons. The van der Waals surface area contributed by atoms with Crippen LogP contribution in [0.1, 0.15) is 11.6 Å². The monoisotopic (exact) mass is 276 g/mol. The Kier molecular flexibility index (Phi) is 3.31. The molecule has 0 bridgehead atoms. The summed E-state index contributed by atoms with van der Waals surface area (Å²) in [6, 6.07) is -1.56. The van der Waals surface area contributed by atoms with Crippen LogP contribution >= 0.6 is 0 Å². The Bertz CT molecular complexity index is 595.